The van der Waals surface area contributed by atoms with E-state index in [9.17, 15) is 0 Å². The van der Waals surface area contributed by atoms with Crippen molar-refractivity contribution in [3.8, 4) is 0 Å². The third-order valence-electron chi connectivity index (χ3n) is 2.41. The summed E-state index contributed by atoms with van der Waals surface area (Å²) in [5, 5.41) is 0. The monoisotopic (exact) mass is 198 g/mol. The molecule has 1 saturated carbocycles. The molecule has 1 unspecified atom stereocenters. The van der Waals surface area contributed by atoms with Crippen molar-refractivity contribution >= 4 is 12.4 Å². The van der Waals surface area contributed by atoms with E-state index in [4.69, 9.17) is 5.73 Å². The first-order valence-corrected chi connectivity index (χ1v) is 4.45. The van der Waals surface area contributed by atoms with E-state index in [-0.39, 0.29) is 18.4 Å². The molecule has 13 heavy (non-hydrogen) atoms. The summed E-state index contributed by atoms with van der Waals surface area (Å²) in [6.07, 6.45) is 4.44. The molecule has 1 aromatic heterocycles. The van der Waals surface area contributed by atoms with Gasteiger partial charge in [0, 0.05) is 12.2 Å². The zero-order chi connectivity index (χ0) is 8.55. The number of hydrogen-bond donors (Lipinski definition) is 1. The summed E-state index contributed by atoms with van der Waals surface area (Å²) >= 11 is 0. The predicted octanol–water partition coefficient (Wildman–Crippen LogP) is 2.22. The lowest BCUT2D eigenvalue weighted by Gasteiger charge is -2.08. The Kier molecular flexibility index (Phi) is 3.28. The summed E-state index contributed by atoms with van der Waals surface area (Å²) < 4.78 is 0. The van der Waals surface area contributed by atoms with Gasteiger partial charge in [-0.1, -0.05) is 6.07 Å². The summed E-state index contributed by atoms with van der Waals surface area (Å²) in [6, 6.07) is 4.29. The lowest BCUT2D eigenvalue weighted by Crippen LogP contribution is -2.13. The highest BCUT2D eigenvalue weighted by Crippen LogP contribution is 2.38. The first kappa shape index (κ1) is 10.5. The second-order valence-electron chi connectivity index (χ2n) is 3.62. The van der Waals surface area contributed by atoms with E-state index in [0.717, 1.165) is 5.69 Å². The smallest absolute Gasteiger partial charge is 0.0574 e. The minimum atomic E-state index is 0. The number of halogens is 1. The number of pyridine rings is 1. The van der Waals surface area contributed by atoms with Gasteiger partial charge in [-0.15, -0.1) is 12.4 Å². The number of rotatable bonds is 2. The topological polar surface area (TPSA) is 38.9 Å². The van der Waals surface area contributed by atoms with Gasteiger partial charge in [0.1, 0.15) is 0 Å². The van der Waals surface area contributed by atoms with Gasteiger partial charge in [-0.25, -0.2) is 0 Å². The maximum Gasteiger partial charge on any atom is 0.0574 e. The van der Waals surface area contributed by atoms with Crippen LogP contribution in [0, 0.1) is 12.8 Å². The van der Waals surface area contributed by atoms with Crippen LogP contribution in [0.4, 0.5) is 0 Å². The van der Waals surface area contributed by atoms with Crippen molar-refractivity contribution in [2.75, 3.05) is 0 Å². The van der Waals surface area contributed by atoms with Crippen molar-refractivity contribution in [2.45, 2.75) is 25.8 Å². The fourth-order valence-corrected chi connectivity index (χ4v) is 1.37. The van der Waals surface area contributed by atoms with Gasteiger partial charge in [0.25, 0.3) is 0 Å². The first-order chi connectivity index (χ1) is 5.77. The summed E-state index contributed by atoms with van der Waals surface area (Å²) in [5.74, 6) is 0.695. The number of nitrogens with two attached hydrogens (primary N) is 1. The van der Waals surface area contributed by atoms with Gasteiger partial charge in [0.05, 0.1) is 5.69 Å². The molecule has 0 aromatic carbocycles. The van der Waals surface area contributed by atoms with E-state index in [0.29, 0.717) is 5.92 Å². The second-order valence-corrected chi connectivity index (χ2v) is 3.62. The van der Waals surface area contributed by atoms with Crippen LogP contribution in [0.5, 0.6) is 0 Å². The minimum Gasteiger partial charge on any atom is -0.322 e. The van der Waals surface area contributed by atoms with Gasteiger partial charge in [-0.2, -0.15) is 0 Å². The van der Waals surface area contributed by atoms with E-state index < -0.39 is 0 Å². The zero-order valence-corrected chi connectivity index (χ0v) is 8.55. The highest BCUT2D eigenvalue weighted by Gasteiger charge is 2.29. The lowest BCUT2D eigenvalue weighted by molar-refractivity contribution is 0.614. The molecule has 3 heteroatoms. The fourth-order valence-electron chi connectivity index (χ4n) is 1.37. The van der Waals surface area contributed by atoms with Gasteiger partial charge < -0.3 is 5.73 Å². The molecule has 0 aliphatic heterocycles. The predicted molar refractivity (Wildman–Crippen MR) is 55.9 cm³/mol. The Bertz CT molecular complexity index is 267. The van der Waals surface area contributed by atoms with Crippen LogP contribution in [0.25, 0.3) is 0 Å². The normalized spacial score (nSPS) is 17.7. The molecule has 72 valence electrons. The Labute approximate surface area is 85.0 Å². The highest BCUT2D eigenvalue weighted by atomic mass is 35.5. The van der Waals surface area contributed by atoms with E-state index in [1.165, 1.54) is 18.4 Å². The quantitative estimate of drug-likeness (QED) is 0.792. The van der Waals surface area contributed by atoms with Crippen molar-refractivity contribution < 1.29 is 0 Å². The van der Waals surface area contributed by atoms with Crippen LogP contribution in [0.2, 0.25) is 0 Å². The second kappa shape index (κ2) is 4.07. The maximum atomic E-state index is 5.99. The van der Waals surface area contributed by atoms with Crippen molar-refractivity contribution in [3.63, 3.8) is 0 Å². The molecule has 0 saturated heterocycles. The third kappa shape index (κ3) is 2.42. The molecule has 1 fully saturated rings. The summed E-state index contributed by atoms with van der Waals surface area (Å²) in [4.78, 5) is 4.31. The van der Waals surface area contributed by atoms with Crippen LogP contribution < -0.4 is 5.73 Å². The summed E-state index contributed by atoms with van der Waals surface area (Å²) in [5.41, 5.74) is 8.23. The number of hydrogen-bond acceptors (Lipinski definition) is 2. The van der Waals surface area contributed by atoms with Crippen LogP contribution in [0.1, 0.15) is 30.1 Å². The number of aromatic nitrogens is 1. The van der Waals surface area contributed by atoms with Crippen LogP contribution >= 0.6 is 12.4 Å². The average Bonchev–Trinajstić information content (AvgIpc) is 2.87. The molecule has 2 N–H and O–H groups in total. The molecule has 0 amide bonds. The Balaban J connectivity index is 0.000000845. The molecule has 0 radical (unpaired) electrons. The Morgan fingerprint density at radius 1 is 1.46 bits per heavy atom. The van der Waals surface area contributed by atoms with E-state index in [1.54, 1.807) is 0 Å². The Morgan fingerprint density at radius 2 is 2.15 bits per heavy atom. The average molecular weight is 199 g/mol. The van der Waals surface area contributed by atoms with Crippen LogP contribution in [-0.2, 0) is 0 Å². The fraction of sp³-hybridized carbons (Fsp3) is 0.500. The molecule has 0 bridgehead atoms. The minimum absolute atomic E-state index is 0. The van der Waals surface area contributed by atoms with Gasteiger partial charge in [0.15, 0.2) is 0 Å². The van der Waals surface area contributed by atoms with E-state index in [1.807, 2.05) is 19.2 Å². The summed E-state index contributed by atoms with van der Waals surface area (Å²) in [6.45, 7) is 2.04. The molecule has 1 atom stereocenters. The molecular weight excluding hydrogens is 184 g/mol. The molecule has 1 aromatic rings. The first-order valence-electron chi connectivity index (χ1n) is 4.45. The van der Waals surface area contributed by atoms with E-state index in [2.05, 4.69) is 11.1 Å². The van der Waals surface area contributed by atoms with Crippen LogP contribution in [-0.4, -0.2) is 4.98 Å². The standard InChI is InChI=1S/C10H14N2.ClH/c1-7-2-5-9(12-6-7)10(11)8-3-4-8;/h2,5-6,8,10H,3-4,11H2,1H3;1H. The largest absolute Gasteiger partial charge is 0.322 e. The molecule has 1 aliphatic rings. The molecule has 2 nitrogen and oxygen atoms in total. The van der Waals surface area contributed by atoms with Gasteiger partial charge >= 0.3 is 0 Å². The van der Waals surface area contributed by atoms with Gasteiger partial charge in [-0.3, -0.25) is 4.98 Å². The Hall–Kier alpha value is -0.600. The molecule has 0 spiro atoms. The molecule has 1 aliphatic carbocycles. The van der Waals surface area contributed by atoms with Crippen LogP contribution in [0.15, 0.2) is 18.3 Å². The SMILES string of the molecule is Cc1ccc(C(N)C2CC2)nc1.Cl. The maximum absolute atomic E-state index is 5.99. The third-order valence-corrected chi connectivity index (χ3v) is 2.41. The zero-order valence-electron chi connectivity index (χ0n) is 7.73. The Morgan fingerprint density at radius 3 is 2.62 bits per heavy atom. The molecule has 2 rings (SSSR count). The molecule has 1 heterocycles. The van der Waals surface area contributed by atoms with E-state index >= 15 is 0 Å². The van der Waals surface area contributed by atoms with Crippen molar-refractivity contribution in [3.05, 3.63) is 29.6 Å². The van der Waals surface area contributed by atoms with Crippen molar-refractivity contribution in [1.29, 1.82) is 0 Å². The number of aryl methyl sites for hydroxylation is 1. The number of nitrogens with zero attached hydrogens (tertiary/aromatic N) is 1. The van der Waals surface area contributed by atoms with Crippen molar-refractivity contribution in [2.24, 2.45) is 11.7 Å². The molecular formula is C10H15ClN2. The van der Waals surface area contributed by atoms with Gasteiger partial charge in [0.2, 0.25) is 0 Å². The van der Waals surface area contributed by atoms with Crippen LogP contribution in [0.3, 0.4) is 0 Å². The van der Waals surface area contributed by atoms with Gasteiger partial charge in [-0.05, 0) is 37.3 Å². The lowest BCUT2D eigenvalue weighted by atomic mass is 10.1. The summed E-state index contributed by atoms with van der Waals surface area (Å²) in [7, 11) is 0. The highest BCUT2D eigenvalue weighted by molar-refractivity contribution is 5.85. The van der Waals surface area contributed by atoms with Crippen molar-refractivity contribution in [1.82, 2.24) is 4.98 Å².